The summed E-state index contributed by atoms with van der Waals surface area (Å²) in [5.41, 5.74) is 1.81. The first-order valence-corrected chi connectivity index (χ1v) is 8.07. The van der Waals surface area contributed by atoms with Crippen molar-refractivity contribution in [3.8, 4) is 5.75 Å². The lowest BCUT2D eigenvalue weighted by atomic mass is 10.2. The Labute approximate surface area is 142 Å². The molecule has 6 heteroatoms. The molecular formula is C18H22N4O2. The van der Waals surface area contributed by atoms with Gasteiger partial charge in [0.15, 0.2) is 0 Å². The van der Waals surface area contributed by atoms with E-state index in [4.69, 9.17) is 4.74 Å². The van der Waals surface area contributed by atoms with Gasteiger partial charge >= 0.3 is 6.03 Å². The van der Waals surface area contributed by atoms with Crippen LogP contribution < -0.4 is 10.1 Å². The fourth-order valence-electron chi connectivity index (χ4n) is 2.73. The van der Waals surface area contributed by atoms with Crippen molar-refractivity contribution in [3.63, 3.8) is 0 Å². The van der Waals surface area contributed by atoms with Crippen LogP contribution in [0, 0.1) is 0 Å². The first-order chi connectivity index (χ1) is 11.7. The summed E-state index contributed by atoms with van der Waals surface area (Å²) in [6.45, 7) is 3.95. The highest BCUT2D eigenvalue weighted by molar-refractivity contribution is 5.89. The number of nitrogens with zero attached hydrogens (tertiary/aromatic N) is 3. The molecule has 1 aliphatic heterocycles. The number of hydrogen-bond donors (Lipinski definition) is 1. The van der Waals surface area contributed by atoms with Gasteiger partial charge < -0.3 is 15.0 Å². The van der Waals surface area contributed by atoms with Crippen LogP contribution in [0.15, 0.2) is 48.7 Å². The molecule has 0 saturated carbocycles. The Bertz CT molecular complexity index is 670. The number of urea groups is 1. The van der Waals surface area contributed by atoms with Crippen LogP contribution in [-0.2, 0) is 6.54 Å². The van der Waals surface area contributed by atoms with Crippen molar-refractivity contribution in [3.05, 3.63) is 54.4 Å². The minimum atomic E-state index is -0.0688. The molecule has 1 aliphatic rings. The molecule has 0 unspecified atom stereocenters. The highest BCUT2D eigenvalue weighted by atomic mass is 16.5. The second kappa shape index (κ2) is 7.79. The second-order valence-electron chi connectivity index (χ2n) is 5.75. The van der Waals surface area contributed by atoms with Crippen molar-refractivity contribution in [2.75, 3.05) is 38.6 Å². The maximum absolute atomic E-state index is 12.4. The summed E-state index contributed by atoms with van der Waals surface area (Å²) in [7, 11) is 1.61. The molecule has 24 heavy (non-hydrogen) atoms. The molecule has 6 nitrogen and oxygen atoms in total. The maximum atomic E-state index is 12.4. The number of hydrogen-bond acceptors (Lipinski definition) is 4. The molecule has 0 atom stereocenters. The number of piperazine rings is 1. The van der Waals surface area contributed by atoms with E-state index in [2.05, 4.69) is 15.2 Å². The van der Waals surface area contributed by atoms with Crippen LogP contribution >= 0.6 is 0 Å². The normalized spacial score (nSPS) is 15.1. The van der Waals surface area contributed by atoms with Crippen LogP contribution in [0.2, 0.25) is 0 Å². The largest absolute Gasteiger partial charge is 0.497 e. The minimum absolute atomic E-state index is 0.0688. The van der Waals surface area contributed by atoms with Gasteiger partial charge in [0.05, 0.1) is 12.8 Å². The van der Waals surface area contributed by atoms with E-state index in [0.29, 0.717) is 13.1 Å². The summed E-state index contributed by atoms with van der Waals surface area (Å²) >= 11 is 0. The molecule has 2 amide bonds. The van der Waals surface area contributed by atoms with Crippen LogP contribution in [0.25, 0.3) is 0 Å². The Morgan fingerprint density at radius 2 is 2.00 bits per heavy atom. The van der Waals surface area contributed by atoms with E-state index >= 15 is 0 Å². The average Bonchev–Trinajstić information content (AvgIpc) is 2.63. The lowest BCUT2D eigenvalue weighted by molar-refractivity contribution is 0.142. The van der Waals surface area contributed by atoms with Gasteiger partial charge in [-0.15, -0.1) is 0 Å². The van der Waals surface area contributed by atoms with Gasteiger partial charge in [-0.2, -0.15) is 0 Å². The molecule has 1 N–H and O–H groups in total. The Kier molecular flexibility index (Phi) is 5.28. The summed E-state index contributed by atoms with van der Waals surface area (Å²) in [5.74, 6) is 0.730. The Morgan fingerprint density at radius 1 is 1.17 bits per heavy atom. The molecule has 0 spiro atoms. The number of anilines is 1. The van der Waals surface area contributed by atoms with Crippen LogP contribution in [0.3, 0.4) is 0 Å². The molecule has 0 aliphatic carbocycles. The van der Waals surface area contributed by atoms with Gasteiger partial charge in [0.2, 0.25) is 0 Å². The number of rotatable bonds is 4. The summed E-state index contributed by atoms with van der Waals surface area (Å²) in [5, 5.41) is 2.93. The topological polar surface area (TPSA) is 57.7 Å². The predicted molar refractivity (Wildman–Crippen MR) is 93.1 cm³/mol. The fraction of sp³-hybridized carbons (Fsp3) is 0.333. The number of carbonyl (C=O) groups excluding carboxylic acids is 1. The summed E-state index contributed by atoms with van der Waals surface area (Å²) in [6, 6.07) is 13.3. The molecule has 1 aromatic carbocycles. The van der Waals surface area contributed by atoms with Gasteiger partial charge in [-0.1, -0.05) is 12.1 Å². The third-order valence-electron chi connectivity index (χ3n) is 4.09. The predicted octanol–water partition coefficient (Wildman–Crippen LogP) is 2.44. The highest BCUT2D eigenvalue weighted by Gasteiger charge is 2.21. The maximum Gasteiger partial charge on any atom is 0.321 e. The lowest BCUT2D eigenvalue weighted by Crippen LogP contribution is -2.49. The van der Waals surface area contributed by atoms with Gasteiger partial charge in [0, 0.05) is 50.7 Å². The SMILES string of the molecule is COc1cccc(NC(=O)N2CCN(Cc3ccccn3)CC2)c1. The standard InChI is InChI=1S/C18H22N4O2/c1-24-17-7-4-6-15(13-17)20-18(23)22-11-9-21(10-12-22)14-16-5-2-3-8-19-16/h2-8,13H,9-12,14H2,1H3,(H,20,23). The van der Waals surface area contributed by atoms with Crippen molar-refractivity contribution < 1.29 is 9.53 Å². The number of ether oxygens (including phenoxy) is 1. The number of benzene rings is 1. The number of amides is 2. The molecule has 1 saturated heterocycles. The Morgan fingerprint density at radius 3 is 2.71 bits per heavy atom. The van der Waals surface area contributed by atoms with Crippen LogP contribution in [0.5, 0.6) is 5.75 Å². The van der Waals surface area contributed by atoms with E-state index < -0.39 is 0 Å². The van der Waals surface area contributed by atoms with Crippen LogP contribution in [0.1, 0.15) is 5.69 Å². The van der Waals surface area contributed by atoms with E-state index in [1.165, 1.54) is 0 Å². The first kappa shape index (κ1) is 16.3. The molecule has 2 heterocycles. The molecule has 1 fully saturated rings. The summed E-state index contributed by atoms with van der Waals surface area (Å²) in [4.78, 5) is 20.9. The molecule has 0 bridgehead atoms. The monoisotopic (exact) mass is 326 g/mol. The average molecular weight is 326 g/mol. The summed E-state index contributed by atoms with van der Waals surface area (Å²) < 4.78 is 5.18. The minimum Gasteiger partial charge on any atom is -0.497 e. The number of nitrogens with one attached hydrogen (secondary N) is 1. The zero-order chi connectivity index (χ0) is 16.8. The van der Waals surface area contributed by atoms with Gasteiger partial charge in [-0.25, -0.2) is 4.79 Å². The summed E-state index contributed by atoms with van der Waals surface area (Å²) in [6.07, 6.45) is 1.81. The first-order valence-electron chi connectivity index (χ1n) is 8.07. The number of methoxy groups -OCH3 is 1. The Hall–Kier alpha value is -2.60. The second-order valence-corrected chi connectivity index (χ2v) is 5.75. The van der Waals surface area contributed by atoms with E-state index in [9.17, 15) is 4.79 Å². The van der Waals surface area contributed by atoms with Crippen molar-refractivity contribution in [2.24, 2.45) is 0 Å². The van der Waals surface area contributed by atoms with Crippen molar-refractivity contribution in [1.29, 1.82) is 0 Å². The van der Waals surface area contributed by atoms with Gasteiger partial charge in [0.25, 0.3) is 0 Å². The zero-order valence-corrected chi connectivity index (χ0v) is 13.8. The van der Waals surface area contributed by atoms with E-state index in [0.717, 1.165) is 36.8 Å². The van der Waals surface area contributed by atoms with Crippen LogP contribution in [0.4, 0.5) is 10.5 Å². The third-order valence-corrected chi connectivity index (χ3v) is 4.09. The lowest BCUT2D eigenvalue weighted by Gasteiger charge is -2.34. The quantitative estimate of drug-likeness (QED) is 0.937. The number of pyridine rings is 1. The molecule has 0 radical (unpaired) electrons. The van der Waals surface area contributed by atoms with Crippen molar-refractivity contribution in [1.82, 2.24) is 14.8 Å². The Balaban J connectivity index is 1.49. The molecule has 126 valence electrons. The molecule has 3 rings (SSSR count). The van der Waals surface area contributed by atoms with Crippen LogP contribution in [-0.4, -0.2) is 54.1 Å². The van der Waals surface area contributed by atoms with E-state index in [-0.39, 0.29) is 6.03 Å². The third kappa shape index (κ3) is 4.23. The van der Waals surface area contributed by atoms with E-state index in [1.807, 2.05) is 53.6 Å². The smallest absolute Gasteiger partial charge is 0.321 e. The number of aromatic nitrogens is 1. The molecule has 1 aromatic heterocycles. The number of carbonyl (C=O) groups is 1. The van der Waals surface area contributed by atoms with Crippen molar-refractivity contribution >= 4 is 11.7 Å². The van der Waals surface area contributed by atoms with Gasteiger partial charge in [-0.05, 0) is 24.3 Å². The highest BCUT2D eigenvalue weighted by Crippen LogP contribution is 2.17. The molecule has 2 aromatic rings. The van der Waals surface area contributed by atoms with Gasteiger partial charge in [-0.3, -0.25) is 9.88 Å². The zero-order valence-electron chi connectivity index (χ0n) is 13.8. The van der Waals surface area contributed by atoms with E-state index in [1.54, 1.807) is 7.11 Å². The molecular weight excluding hydrogens is 304 g/mol. The van der Waals surface area contributed by atoms with Crippen molar-refractivity contribution in [2.45, 2.75) is 6.54 Å². The van der Waals surface area contributed by atoms with Gasteiger partial charge in [0.1, 0.15) is 5.75 Å². The fourth-order valence-corrected chi connectivity index (χ4v) is 2.73.